The Labute approximate surface area is 300 Å². The van der Waals surface area contributed by atoms with Gasteiger partial charge < -0.3 is 0 Å². The third-order valence-corrected chi connectivity index (χ3v) is 9.90. The largest absolute Gasteiger partial charge is 0.256 e. The lowest BCUT2D eigenvalue weighted by atomic mass is 9.94. The average molecular weight is 663 g/mol. The smallest absolute Gasteiger partial charge is 0.0978 e. The summed E-state index contributed by atoms with van der Waals surface area (Å²) in [5.74, 6) is 0. The molecule has 0 N–H and O–H groups in total. The highest BCUT2D eigenvalue weighted by Gasteiger charge is 2.15. The van der Waals surface area contributed by atoms with Crippen LogP contribution >= 0.6 is 0 Å². The molecule has 10 rings (SSSR count). The second kappa shape index (κ2) is 12.4. The first-order valence-electron chi connectivity index (χ1n) is 17.5. The predicted molar refractivity (Wildman–Crippen MR) is 215 cm³/mol. The SMILES string of the molecule is c1ccc(-c2c3ccccc3nc3c2ccc2ccc(-c4ccc5cc(-c6cc(-c7ccccn7)cc(-c7ccccn7)c6)ccc5c4)nc23)cc1. The lowest BCUT2D eigenvalue weighted by Crippen LogP contribution is -1.93. The van der Waals surface area contributed by atoms with Crippen LogP contribution in [0.15, 0.2) is 182 Å². The van der Waals surface area contributed by atoms with Gasteiger partial charge >= 0.3 is 0 Å². The summed E-state index contributed by atoms with van der Waals surface area (Å²) in [7, 11) is 0. The van der Waals surface area contributed by atoms with E-state index >= 15 is 0 Å². The minimum atomic E-state index is 0.907. The lowest BCUT2D eigenvalue weighted by Gasteiger charge is -2.13. The van der Waals surface area contributed by atoms with Crippen molar-refractivity contribution in [2.45, 2.75) is 0 Å². The first-order chi connectivity index (χ1) is 25.7. The summed E-state index contributed by atoms with van der Waals surface area (Å²) in [6.45, 7) is 0. The van der Waals surface area contributed by atoms with Gasteiger partial charge in [-0.3, -0.25) is 9.97 Å². The molecule has 242 valence electrons. The summed E-state index contributed by atoms with van der Waals surface area (Å²) in [6, 6.07) is 59.5. The first kappa shape index (κ1) is 29.8. The molecule has 0 aliphatic rings. The number of rotatable bonds is 5. The van der Waals surface area contributed by atoms with Gasteiger partial charge in [-0.05, 0) is 94.2 Å². The molecule has 52 heavy (non-hydrogen) atoms. The van der Waals surface area contributed by atoms with Gasteiger partial charge in [-0.15, -0.1) is 0 Å². The van der Waals surface area contributed by atoms with Gasteiger partial charge in [-0.25, -0.2) is 9.97 Å². The number of hydrogen-bond acceptors (Lipinski definition) is 4. The maximum Gasteiger partial charge on any atom is 0.0978 e. The summed E-state index contributed by atoms with van der Waals surface area (Å²) in [4.78, 5) is 19.8. The topological polar surface area (TPSA) is 51.6 Å². The van der Waals surface area contributed by atoms with Crippen molar-refractivity contribution in [1.29, 1.82) is 0 Å². The molecule has 0 fully saturated rings. The number of nitrogens with zero attached hydrogens (tertiary/aromatic N) is 4. The van der Waals surface area contributed by atoms with Crippen LogP contribution in [0.2, 0.25) is 0 Å². The molecule has 0 saturated heterocycles. The molecule has 4 nitrogen and oxygen atoms in total. The third-order valence-electron chi connectivity index (χ3n) is 9.90. The molecular weight excluding hydrogens is 633 g/mol. The molecule has 0 unspecified atom stereocenters. The lowest BCUT2D eigenvalue weighted by molar-refractivity contribution is 1.31. The van der Waals surface area contributed by atoms with Gasteiger partial charge in [0.1, 0.15) is 0 Å². The predicted octanol–water partition coefficient (Wildman–Crippen LogP) is 12.2. The Balaban J connectivity index is 1.08. The van der Waals surface area contributed by atoms with Crippen LogP contribution in [0.3, 0.4) is 0 Å². The summed E-state index contributed by atoms with van der Waals surface area (Å²) in [6.07, 6.45) is 3.67. The molecule has 4 heterocycles. The maximum atomic E-state index is 5.29. The molecular formula is C48H30N4. The Hall–Kier alpha value is -7.04. The van der Waals surface area contributed by atoms with Crippen LogP contribution in [0.4, 0.5) is 0 Å². The average Bonchev–Trinajstić information content (AvgIpc) is 3.23. The van der Waals surface area contributed by atoms with E-state index in [0.717, 1.165) is 88.4 Å². The van der Waals surface area contributed by atoms with E-state index in [9.17, 15) is 0 Å². The van der Waals surface area contributed by atoms with Crippen LogP contribution in [0.5, 0.6) is 0 Å². The summed E-state index contributed by atoms with van der Waals surface area (Å²) in [5, 5.41) is 5.63. The van der Waals surface area contributed by atoms with Crippen LogP contribution in [-0.4, -0.2) is 19.9 Å². The molecule has 0 radical (unpaired) electrons. The molecule has 0 saturated carbocycles. The van der Waals surface area contributed by atoms with Crippen LogP contribution in [0, 0.1) is 0 Å². The van der Waals surface area contributed by atoms with E-state index in [-0.39, 0.29) is 0 Å². The van der Waals surface area contributed by atoms with Crippen molar-refractivity contribution in [3.63, 3.8) is 0 Å². The van der Waals surface area contributed by atoms with Crippen molar-refractivity contribution in [2.75, 3.05) is 0 Å². The number of pyridine rings is 4. The van der Waals surface area contributed by atoms with E-state index in [0.29, 0.717) is 0 Å². The monoisotopic (exact) mass is 662 g/mol. The van der Waals surface area contributed by atoms with Gasteiger partial charge in [-0.1, -0.05) is 103 Å². The summed E-state index contributed by atoms with van der Waals surface area (Å²) in [5.41, 5.74) is 13.4. The molecule has 0 bridgehead atoms. The van der Waals surface area contributed by atoms with Crippen LogP contribution in [0.25, 0.3) is 99.5 Å². The standard InChI is InChI=1S/C48H30N4/c1-2-10-31(11-3-1)46-40-12-4-5-15-45(40)52-48-41(46)22-20-32-21-23-44(51-47(32)48)36-19-18-33-26-35(17-16-34(33)27-36)37-28-38(42-13-6-8-24-49-42)30-39(29-37)43-14-7-9-25-50-43/h1-30H. The van der Waals surface area contributed by atoms with E-state index in [1.807, 2.05) is 48.8 Å². The zero-order chi connectivity index (χ0) is 34.4. The van der Waals surface area contributed by atoms with Crippen molar-refractivity contribution >= 4 is 43.5 Å². The van der Waals surface area contributed by atoms with Crippen LogP contribution < -0.4 is 0 Å². The second-order valence-electron chi connectivity index (χ2n) is 13.1. The highest BCUT2D eigenvalue weighted by Crippen LogP contribution is 2.38. The van der Waals surface area contributed by atoms with Crippen LogP contribution in [0.1, 0.15) is 0 Å². The van der Waals surface area contributed by atoms with Crippen molar-refractivity contribution in [3.05, 3.63) is 182 Å². The highest BCUT2D eigenvalue weighted by atomic mass is 14.8. The number of aromatic nitrogens is 4. The molecule has 4 aromatic heterocycles. The van der Waals surface area contributed by atoms with Crippen molar-refractivity contribution in [1.82, 2.24) is 19.9 Å². The van der Waals surface area contributed by atoms with Crippen molar-refractivity contribution in [3.8, 4) is 56.0 Å². The quantitative estimate of drug-likeness (QED) is 0.136. The number of para-hydroxylation sites is 1. The van der Waals surface area contributed by atoms with Gasteiger partial charge in [0.25, 0.3) is 0 Å². The fourth-order valence-corrected chi connectivity index (χ4v) is 7.35. The number of benzene rings is 6. The third kappa shape index (κ3) is 5.26. The molecule has 0 atom stereocenters. The molecule has 0 aliphatic heterocycles. The number of hydrogen-bond donors (Lipinski definition) is 0. The van der Waals surface area contributed by atoms with Gasteiger partial charge in [0.15, 0.2) is 0 Å². The molecule has 0 aliphatic carbocycles. The normalized spacial score (nSPS) is 11.5. The zero-order valence-corrected chi connectivity index (χ0v) is 28.1. The number of fused-ring (bicyclic) bond motifs is 5. The van der Waals surface area contributed by atoms with Gasteiger partial charge in [0, 0.05) is 50.8 Å². The Morgan fingerprint density at radius 2 is 0.923 bits per heavy atom. The molecule has 4 heteroatoms. The van der Waals surface area contributed by atoms with Gasteiger partial charge in [0.05, 0.1) is 33.6 Å². The Morgan fingerprint density at radius 1 is 0.308 bits per heavy atom. The van der Waals surface area contributed by atoms with Gasteiger partial charge in [0.2, 0.25) is 0 Å². The molecule has 0 spiro atoms. The Bertz CT molecular complexity index is 2880. The fraction of sp³-hybridized carbons (Fsp3) is 0. The van der Waals surface area contributed by atoms with Crippen molar-refractivity contribution < 1.29 is 0 Å². The first-order valence-corrected chi connectivity index (χ1v) is 17.5. The van der Waals surface area contributed by atoms with E-state index in [4.69, 9.17) is 9.97 Å². The van der Waals surface area contributed by atoms with Crippen LogP contribution in [-0.2, 0) is 0 Å². The minimum absolute atomic E-state index is 0.907. The molecule has 6 aromatic carbocycles. The van der Waals surface area contributed by atoms with Crippen molar-refractivity contribution in [2.24, 2.45) is 0 Å². The summed E-state index contributed by atoms with van der Waals surface area (Å²) >= 11 is 0. The maximum absolute atomic E-state index is 5.29. The fourth-order valence-electron chi connectivity index (χ4n) is 7.35. The highest BCUT2D eigenvalue weighted by molar-refractivity contribution is 6.16. The van der Waals surface area contributed by atoms with E-state index in [1.165, 1.54) is 11.1 Å². The second-order valence-corrected chi connectivity index (χ2v) is 13.1. The Kier molecular flexibility index (Phi) is 7.10. The van der Waals surface area contributed by atoms with E-state index in [2.05, 4.69) is 143 Å². The van der Waals surface area contributed by atoms with E-state index in [1.54, 1.807) is 0 Å². The Morgan fingerprint density at radius 3 is 1.65 bits per heavy atom. The zero-order valence-electron chi connectivity index (χ0n) is 28.1. The minimum Gasteiger partial charge on any atom is -0.256 e. The molecule has 0 amide bonds. The van der Waals surface area contributed by atoms with E-state index < -0.39 is 0 Å². The van der Waals surface area contributed by atoms with Gasteiger partial charge in [-0.2, -0.15) is 0 Å². The molecule has 10 aromatic rings. The summed E-state index contributed by atoms with van der Waals surface area (Å²) < 4.78 is 0.